The van der Waals surface area contributed by atoms with Crippen molar-refractivity contribution in [3.05, 3.63) is 97.1 Å². The molecule has 0 unspecified atom stereocenters. The second kappa shape index (κ2) is 12.8. The molecule has 0 saturated heterocycles. The Morgan fingerprint density at radius 3 is 1.21 bits per heavy atom. The molecule has 0 aliphatic rings. The van der Waals surface area contributed by atoms with Gasteiger partial charge in [-0.05, 0) is 59.7 Å². The lowest BCUT2D eigenvalue weighted by Crippen LogP contribution is -2.20. The van der Waals surface area contributed by atoms with Crippen LogP contribution in [0.4, 0.5) is 11.4 Å². The van der Waals surface area contributed by atoms with Crippen molar-refractivity contribution in [2.75, 3.05) is 38.1 Å². The van der Waals surface area contributed by atoms with Crippen molar-refractivity contribution in [1.29, 1.82) is 0 Å². The van der Waals surface area contributed by atoms with Gasteiger partial charge in [-0.1, -0.05) is 48.5 Å². The number of nitrogens with one attached hydrogen (secondary N) is 2. The van der Waals surface area contributed by atoms with E-state index in [2.05, 4.69) is 10.6 Å². The summed E-state index contributed by atoms with van der Waals surface area (Å²) in [5, 5.41) is 5.64. The van der Waals surface area contributed by atoms with Gasteiger partial charge in [0.2, 0.25) is 0 Å². The molecular weight excluding hydrogens is 484 g/mol. The van der Waals surface area contributed by atoms with E-state index < -0.39 is 0 Å². The van der Waals surface area contributed by atoms with Crippen LogP contribution in [-0.2, 0) is 9.59 Å². The van der Waals surface area contributed by atoms with E-state index in [0.29, 0.717) is 34.4 Å². The first-order chi connectivity index (χ1) is 18.6. The van der Waals surface area contributed by atoms with Gasteiger partial charge >= 0.3 is 0 Å². The quantitative estimate of drug-likeness (QED) is 0.279. The zero-order chi connectivity index (χ0) is 26.7. The van der Waals surface area contributed by atoms with E-state index in [1.54, 1.807) is 38.5 Å². The lowest BCUT2D eigenvalue weighted by Gasteiger charge is -2.11. The van der Waals surface area contributed by atoms with Crippen molar-refractivity contribution < 1.29 is 28.5 Å². The first kappa shape index (κ1) is 26.1. The summed E-state index contributed by atoms with van der Waals surface area (Å²) in [6, 6.07) is 29.2. The predicted molar refractivity (Wildman–Crippen MR) is 146 cm³/mol. The minimum absolute atomic E-state index is 0.140. The summed E-state index contributed by atoms with van der Waals surface area (Å²) in [6.07, 6.45) is 0. The van der Waals surface area contributed by atoms with Crippen LogP contribution in [0.25, 0.3) is 11.1 Å². The summed E-state index contributed by atoms with van der Waals surface area (Å²) in [7, 11) is 3.10. The standard InChI is InChI=1S/C30H28N2O6/c1-35-25-7-3-5-9-27(25)37-19-29(33)31-23-15-11-21(12-16-23)22-13-17-24(18-14-22)32-30(34)20-38-28-10-6-4-8-26(28)36-2/h3-18H,19-20H2,1-2H3,(H,31,33)(H,32,34). The molecule has 0 bridgehead atoms. The number of carbonyl (C=O) groups is 2. The van der Waals surface area contributed by atoms with Gasteiger partial charge in [0.05, 0.1) is 14.2 Å². The van der Waals surface area contributed by atoms with Crippen LogP contribution in [0.2, 0.25) is 0 Å². The summed E-state index contributed by atoms with van der Waals surface area (Å²) in [6.45, 7) is -0.279. The van der Waals surface area contributed by atoms with Gasteiger partial charge in [0.1, 0.15) is 0 Å². The monoisotopic (exact) mass is 512 g/mol. The molecule has 4 rings (SSSR count). The van der Waals surface area contributed by atoms with Crippen LogP contribution >= 0.6 is 0 Å². The average molecular weight is 513 g/mol. The second-order valence-electron chi connectivity index (χ2n) is 8.13. The fourth-order valence-electron chi connectivity index (χ4n) is 3.65. The number of benzene rings is 4. The van der Waals surface area contributed by atoms with Crippen molar-refractivity contribution in [3.8, 4) is 34.1 Å². The van der Waals surface area contributed by atoms with Crippen molar-refractivity contribution in [1.82, 2.24) is 0 Å². The van der Waals surface area contributed by atoms with Gasteiger partial charge in [-0.25, -0.2) is 0 Å². The third-order valence-electron chi connectivity index (χ3n) is 5.53. The molecule has 194 valence electrons. The maximum Gasteiger partial charge on any atom is 0.262 e. The van der Waals surface area contributed by atoms with Crippen LogP contribution in [0, 0.1) is 0 Å². The Morgan fingerprint density at radius 2 is 0.868 bits per heavy atom. The number of amides is 2. The van der Waals surface area contributed by atoms with Crippen molar-refractivity contribution in [2.45, 2.75) is 0 Å². The molecule has 0 aromatic heterocycles. The van der Waals surface area contributed by atoms with Gasteiger partial charge in [-0.15, -0.1) is 0 Å². The number of hydrogen-bond donors (Lipinski definition) is 2. The minimum atomic E-state index is -0.279. The number of hydrogen-bond acceptors (Lipinski definition) is 6. The Bertz CT molecular complexity index is 1260. The van der Waals surface area contributed by atoms with Crippen LogP contribution in [0.1, 0.15) is 0 Å². The van der Waals surface area contributed by atoms with Crippen molar-refractivity contribution >= 4 is 23.2 Å². The van der Waals surface area contributed by atoms with Gasteiger partial charge in [0, 0.05) is 11.4 Å². The molecule has 0 spiro atoms. The second-order valence-corrected chi connectivity index (χ2v) is 8.13. The Hall–Kier alpha value is -4.98. The maximum atomic E-state index is 12.3. The Balaban J connectivity index is 1.27. The van der Waals surface area contributed by atoms with E-state index in [1.807, 2.05) is 72.8 Å². The highest BCUT2D eigenvalue weighted by atomic mass is 16.5. The van der Waals surface area contributed by atoms with E-state index in [4.69, 9.17) is 18.9 Å². The summed E-state index contributed by atoms with van der Waals surface area (Å²) in [5.41, 5.74) is 3.24. The molecular formula is C30H28N2O6. The number of ether oxygens (including phenoxy) is 4. The number of methoxy groups -OCH3 is 2. The molecule has 0 radical (unpaired) electrons. The zero-order valence-electron chi connectivity index (χ0n) is 21.1. The number of para-hydroxylation sites is 4. The zero-order valence-corrected chi connectivity index (χ0v) is 21.1. The molecule has 2 amide bonds. The van der Waals surface area contributed by atoms with Gasteiger partial charge in [0.15, 0.2) is 36.2 Å². The van der Waals surface area contributed by atoms with Gasteiger partial charge < -0.3 is 29.6 Å². The van der Waals surface area contributed by atoms with E-state index in [0.717, 1.165) is 11.1 Å². The summed E-state index contributed by atoms with van der Waals surface area (Å²) >= 11 is 0. The predicted octanol–water partition coefficient (Wildman–Crippen LogP) is 5.41. The molecule has 0 fully saturated rings. The molecule has 0 heterocycles. The van der Waals surface area contributed by atoms with Crippen LogP contribution in [0.3, 0.4) is 0 Å². The smallest absolute Gasteiger partial charge is 0.262 e. The largest absolute Gasteiger partial charge is 0.493 e. The molecule has 0 atom stereocenters. The minimum Gasteiger partial charge on any atom is -0.493 e. The maximum absolute atomic E-state index is 12.3. The molecule has 4 aromatic carbocycles. The highest BCUT2D eigenvalue weighted by Gasteiger charge is 2.09. The molecule has 0 saturated carbocycles. The molecule has 0 aliphatic carbocycles. The highest BCUT2D eigenvalue weighted by Crippen LogP contribution is 2.27. The average Bonchev–Trinajstić information content (AvgIpc) is 2.96. The molecule has 0 aliphatic heterocycles. The summed E-state index contributed by atoms with van der Waals surface area (Å²) in [4.78, 5) is 24.6. The number of rotatable bonds is 11. The fraction of sp³-hybridized carbons (Fsp3) is 0.133. The van der Waals surface area contributed by atoms with Gasteiger partial charge in [0.25, 0.3) is 11.8 Å². The van der Waals surface area contributed by atoms with Gasteiger partial charge in [-0.2, -0.15) is 0 Å². The van der Waals surface area contributed by atoms with Crippen LogP contribution in [0.15, 0.2) is 97.1 Å². The van der Waals surface area contributed by atoms with E-state index in [9.17, 15) is 9.59 Å². The molecule has 8 heteroatoms. The Labute approximate surface area is 221 Å². The molecule has 2 N–H and O–H groups in total. The fourth-order valence-corrected chi connectivity index (χ4v) is 3.65. The third kappa shape index (κ3) is 7.04. The normalized spacial score (nSPS) is 10.3. The van der Waals surface area contributed by atoms with E-state index in [-0.39, 0.29) is 25.0 Å². The van der Waals surface area contributed by atoms with Crippen LogP contribution in [0.5, 0.6) is 23.0 Å². The lowest BCUT2D eigenvalue weighted by atomic mass is 10.0. The first-order valence-electron chi connectivity index (χ1n) is 11.9. The summed E-state index contributed by atoms with van der Waals surface area (Å²) in [5.74, 6) is 1.58. The molecule has 38 heavy (non-hydrogen) atoms. The van der Waals surface area contributed by atoms with Crippen LogP contribution in [-0.4, -0.2) is 39.2 Å². The molecule has 8 nitrogen and oxygen atoms in total. The van der Waals surface area contributed by atoms with E-state index in [1.165, 1.54) is 0 Å². The van der Waals surface area contributed by atoms with Crippen molar-refractivity contribution in [3.63, 3.8) is 0 Å². The first-order valence-corrected chi connectivity index (χ1v) is 11.9. The van der Waals surface area contributed by atoms with Crippen molar-refractivity contribution in [2.24, 2.45) is 0 Å². The van der Waals surface area contributed by atoms with Gasteiger partial charge in [-0.3, -0.25) is 9.59 Å². The van der Waals surface area contributed by atoms with Crippen LogP contribution < -0.4 is 29.6 Å². The number of anilines is 2. The van der Waals surface area contributed by atoms with E-state index >= 15 is 0 Å². The summed E-state index contributed by atoms with van der Waals surface area (Å²) < 4.78 is 21.6. The molecule has 4 aromatic rings. The number of carbonyl (C=O) groups excluding carboxylic acids is 2. The third-order valence-corrected chi connectivity index (χ3v) is 5.53. The Morgan fingerprint density at radius 1 is 0.526 bits per heavy atom. The lowest BCUT2D eigenvalue weighted by molar-refractivity contribution is -0.118. The Kier molecular flexibility index (Phi) is 8.80. The highest BCUT2D eigenvalue weighted by molar-refractivity contribution is 5.93. The SMILES string of the molecule is COc1ccccc1OCC(=O)Nc1ccc(-c2ccc(NC(=O)COc3ccccc3OC)cc2)cc1. The topological polar surface area (TPSA) is 95.1 Å².